The van der Waals surface area contributed by atoms with Crippen LogP contribution in [0.2, 0.25) is 0 Å². The number of nitrogens with one attached hydrogen (secondary N) is 1. The average Bonchev–Trinajstić information content (AvgIpc) is 3.15. The Morgan fingerprint density at radius 2 is 2.06 bits per heavy atom. The highest BCUT2D eigenvalue weighted by atomic mass is 16.5. The Labute approximate surface area is 104 Å². The summed E-state index contributed by atoms with van der Waals surface area (Å²) in [5.74, 6) is 1.06. The van der Waals surface area contributed by atoms with Gasteiger partial charge in [-0.25, -0.2) is 0 Å². The van der Waals surface area contributed by atoms with Crippen molar-refractivity contribution < 1.29 is 4.74 Å². The van der Waals surface area contributed by atoms with Crippen LogP contribution in [0.15, 0.2) is 24.3 Å². The first-order valence-electron chi connectivity index (χ1n) is 6.84. The van der Waals surface area contributed by atoms with Gasteiger partial charge < -0.3 is 10.1 Å². The topological polar surface area (TPSA) is 21.3 Å². The van der Waals surface area contributed by atoms with Crippen molar-refractivity contribution in [1.29, 1.82) is 0 Å². The lowest BCUT2D eigenvalue weighted by Gasteiger charge is -2.09. The number of para-hydroxylation sites is 1. The van der Waals surface area contributed by atoms with Crippen LogP contribution in [0.5, 0.6) is 5.75 Å². The number of unbranched alkanes of at least 4 members (excludes halogenated alkanes) is 1. The van der Waals surface area contributed by atoms with Gasteiger partial charge in [-0.2, -0.15) is 0 Å². The summed E-state index contributed by atoms with van der Waals surface area (Å²) >= 11 is 0. The Kier molecular flexibility index (Phi) is 4.87. The zero-order chi connectivity index (χ0) is 11.9. The van der Waals surface area contributed by atoms with Gasteiger partial charge >= 0.3 is 0 Å². The highest BCUT2D eigenvalue weighted by Crippen LogP contribution is 2.21. The zero-order valence-electron chi connectivity index (χ0n) is 10.7. The first-order valence-corrected chi connectivity index (χ1v) is 6.84. The van der Waals surface area contributed by atoms with E-state index in [1.807, 2.05) is 13.0 Å². The molecular weight excluding hydrogens is 210 g/mol. The molecule has 1 aromatic carbocycles. The van der Waals surface area contributed by atoms with Gasteiger partial charge in [0.05, 0.1) is 6.61 Å². The van der Waals surface area contributed by atoms with Gasteiger partial charge in [0.2, 0.25) is 0 Å². The summed E-state index contributed by atoms with van der Waals surface area (Å²) in [4.78, 5) is 0. The third-order valence-electron chi connectivity index (χ3n) is 3.16. The molecule has 0 saturated heterocycles. The molecule has 0 aromatic heterocycles. The zero-order valence-corrected chi connectivity index (χ0v) is 10.7. The molecule has 0 aliphatic heterocycles. The van der Waals surface area contributed by atoms with E-state index in [1.54, 1.807) is 0 Å². The van der Waals surface area contributed by atoms with Crippen molar-refractivity contribution in [2.45, 2.75) is 45.1 Å². The van der Waals surface area contributed by atoms with Crippen LogP contribution in [0, 0.1) is 0 Å². The molecule has 1 fully saturated rings. The van der Waals surface area contributed by atoms with E-state index in [0.717, 1.165) is 24.8 Å². The molecule has 94 valence electrons. The van der Waals surface area contributed by atoms with Crippen LogP contribution in [0.1, 0.15) is 38.2 Å². The summed E-state index contributed by atoms with van der Waals surface area (Å²) in [6.45, 7) is 3.96. The van der Waals surface area contributed by atoms with Gasteiger partial charge in [0.15, 0.2) is 0 Å². The van der Waals surface area contributed by atoms with E-state index < -0.39 is 0 Å². The number of hydrogen-bond donors (Lipinski definition) is 1. The first kappa shape index (κ1) is 12.4. The lowest BCUT2D eigenvalue weighted by molar-refractivity contribution is 0.336. The fourth-order valence-electron chi connectivity index (χ4n) is 2.04. The fourth-order valence-corrected chi connectivity index (χ4v) is 2.04. The molecule has 0 heterocycles. The molecule has 1 aromatic rings. The standard InChI is InChI=1S/C15H23NO/c1-2-17-15-9-4-3-7-13(15)8-5-6-12-16-14-10-11-14/h3-4,7,9,14,16H,2,5-6,8,10-12H2,1H3. The molecule has 0 unspecified atom stereocenters. The predicted octanol–water partition coefficient (Wildman–Crippen LogP) is 3.16. The van der Waals surface area contributed by atoms with Crippen LogP contribution in [0.4, 0.5) is 0 Å². The third-order valence-corrected chi connectivity index (χ3v) is 3.16. The van der Waals surface area contributed by atoms with Gasteiger partial charge in [-0.15, -0.1) is 0 Å². The first-order chi connectivity index (χ1) is 8.40. The predicted molar refractivity (Wildman–Crippen MR) is 71.6 cm³/mol. The molecule has 1 N–H and O–H groups in total. The Morgan fingerprint density at radius 1 is 1.24 bits per heavy atom. The van der Waals surface area contributed by atoms with Crippen LogP contribution in [0.3, 0.4) is 0 Å². The molecule has 0 bridgehead atoms. The SMILES string of the molecule is CCOc1ccccc1CCCCNC1CC1. The summed E-state index contributed by atoms with van der Waals surface area (Å²) in [7, 11) is 0. The molecule has 0 atom stereocenters. The molecule has 17 heavy (non-hydrogen) atoms. The molecule has 2 heteroatoms. The van der Waals surface area contributed by atoms with Crippen LogP contribution >= 0.6 is 0 Å². The Morgan fingerprint density at radius 3 is 2.82 bits per heavy atom. The third kappa shape index (κ3) is 4.39. The average molecular weight is 233 g/mol. The number of rotatable bonds is 8. The van der Waals surface area contributed by atoms with Crippen molar-refractivity contribution in [3.63, 3.8) is 0 Å². The molecule has 2 rings (SSSR count). The van der Waals surface area contributed by atoms with E-state index in [-0.39, 0.29) is 0 Å². The second-order valence-electron chi connectivity index (χ2n) is 4.73. The Bertz CT molecular complexity index is 333. The fraction of sp³-hybridized carbons (Fsp3) is 0.600. The molecule has 2 nitrogen and oxygen atoms in total. The van der Waals surface area contributed by atoms with Crippen molar-refractivity contribution in [2.24, 2.45) is 0 Å². The highest BCUT2D eigenvalue weighted by molar-refractivity contribution is 5.33. The second-order valence-corrected chi connectivity index (χ2v) is 4.73. The smallest absolute Gasteiger partial charge is 0.122 e. The molecule has 0 amide bonds. The van der Waals surface area contributed by atoms with Crippen molar-refractivity contribution in [1.82, 2.24) is 5.32 Å². The monoisotopic (exact) mass is 233 g/mol. The second kappa shape index (κ2) is 6.65. The van der Waals surface area contributed by atoms with E-state index in [2.05, 4.69) is 23.5 Å². The quantitative estimate of drug-likeness (QED) is 0.696. The largest absolute Gasteiger partial charge is 0.494 e. The van der Waals surface area contributed by atoms with E-state index >= 15 is 0 Å². The molecule has 0 radical (unpaired) electrons. The minimum atomic E-state index is 0.750. The lowest BCUT2D eigenvalue weighted by atomic mass is 10.1. The minimum absolute atomic E-state index is 0.750. The van der Waals surface area contributed by atoms with Gasteiger partial charge in [0.25, 0.3) is 0 Å². The van der Waals surface area contributed by atoms with Crippen LogP contribution in [0.25, 0.3) is 0 Å². The van der Waals surface area contributed by atoms with E-state index in [9.17, 15) is 0 Å². The van der Waals surface area contributed by atoms with Crippen molar-refractivity contribution in [3.8, 4) is 5.75 Å². The molecule has 1 saturated carbocycles. The summed E-state index contributed by atoms with van der Waals surface area (Å²) in [5.41, 5.74) is 1.35. The van der Waals surface area contributed by atoms with Gasteiger partial charge in [0.1, 0.15) is 5.75 Å². The normalized spacial score (nSPS) is 14.9. The summed E-state index contributed by atoms with van der Waals surface area (Å²) in [6.07, 6.45) is 6.39. The van der Waals surface area contributed by atoms with Crippen molar-refractivity contribution >= 4 is 0 Å². The summed E-state index contributed by atoms with van der Waals surface area (Å²) in [5, 5.41) is 3.55. The van der Waals surface area contributed by atoms with Gasteiger partial charge in [-0.1, -0.05) is 18.2 Å². The number of ether oxygens (including phenoxy) is 1. The Balaban J connectivity index is 1.69. The van der Waals surface area contributed by atoms with Gasteiger partial charge in [-0.05, 0) is 57.2 Å². The van der Waals surface area contributed by atoms with Gasteiger partial charge in [0, 0.05) is 6.04 Å². The number of hydrogen-bond acceptors (Lipinski definition) is 2. The number of benzene rings is 1. The Hall–Kier alpha value is -1.02. The van der Waals surface area contributed by atoms with E-state index in [4.69, 9.17) is 4.74 Å². The molecule has 1 aliphatic carbocycles. The highest BCUT2D eigenvalue weighted by Gasteiger charge is 2.19. The van der Waals surface area contributed by atoms with Gasteiger partial charge in [-0.3, -0.25) is 0 Å². The number of aryl methyl sites for hydroxylation is 1. The maximum absolute atomic E-state index is 5.63. The minimum Gasteiger partial charge on any atom is -0.494 e. The van der Waals surface area contributed by atoms with E-state index in [0.29, 0.717) is 0 Å². The van der Waals surface area contributed by atoms with Crippen LogP contribution < -0.4 is 10.1 Å². The summed E-state index contributed by atoms with van der Waals surface area (Å²) < 4.78 is 5.63. The lowest BCUT2D eigenvalue weighted by Crippen LogP contribution is -2.17. The molecule has 0 spiro atoms. The van der Waals surface area contributed by atoms with Crippen molar-refractivity contribution in [2.75, 3.05) is 13.2 Å². The summed E-state index contributed by atoms with van der Waals surface area (Å²) in [6, 6.07) is 9.23. The maximum Gasteiger partial charge on any atom is 0.122 e. The van der Waals surface area contributed by atoms with Crippen LogP contribution in [-0.4, -0.2) is 19.2 Å². The molecular formula is C15H23NO. The van der Waals surface area contributed by atoms with Crippen molar-refractivity contribution in [3.05, 3.63) is 29.8 Å². The van der Waals surface area contributed by atoms with Crippen LogP contribution in [-0.2, 0) is 6.42 Å². The maximum atomic E-state index is 5.63. The van der Waals surface area contributed by atoms with E-state index in [1.165, 1.54) is 37.8 Å². The molecule has 1 aliphatic rings.